The smallest absolute Gasteiger partial charge is 0.241 e. The second-order valence-corrected chi connectivity index (χ2v) is 6.59. The molecular formula is C13H18N4O2S. The molecule has 0 saturated heterocycles. The molecule has 1 atom stereocenters. The summed E-state index contributed by atoms with van der Waals surface area (Å²) in [7, 11) is -3.52. The lowest BCUT2D eigenvalue weighted by Crippen LogP contribution is -2.36. The number of nitrogens with one attached hydrogen (secondary N) is 1. The maximum atomic E-state index is 12.3. The van der Waals surface area contributed by atoms with Gasteiger partial charge in [-0.3, -0.25) is 4.68 Å². The highest BCUT2D eigenvalue weighted by Gasteiger charge is 2.19. The fraction of sp³-hybridized carbons (Fsp3) is 0.385. The number of rotatable bonds is 5. The van der Waals surface area contributed by atoms with Gasteiger partial charge in [-0.1, -0.05) is 17.7 Å². The molecule has 0 bridgehead atoms. The summed E-state index contributed by atoms with van der Waals surface area (Å²) in [5.74, 6) is 0. The van der Waals surface area contributed by atoms with Crippen molar-refractivity contribution in [3.05, 3.63) is 42.0 Å². The van der Waals surface area contributed by atoms with Gasteiger partial charge in [0, 0.05) is 6.04 Å². The molecule has 2 rings (SSSR count). The third-order valence-corrected chi connectivity index (χ3v) is 4.65. The van der Waals surface area contributed by atoms with Crippen molar-refractivity contribution in [1.82, 2.24) is 19.5 Å². The first-order valence-electron chi connectivity index (χ1n) is 6.30. The minimum absolute atomic E-state index is 0.276. The zero-order chi connectivity index (χ0) is 14.8. The van der Waals surface area contributed by atoms with Crippen LogP contribution in [0.3, 0.4) is 0 Å². The van der Waals surface area contributed by atoms with Crippen LogP contribution in [0.4, 0.5) is 0 Å². The number of nitrogens with zero attached hydrogens (tertiary/aromatic N) is 3. The van der Waals surface area contributed by atoms with Crippen LogP contribution in [0.2, 0.25) is 0 Å². The van der Waals surface area contributed by atoms with Gasteiger partial charge in [-0.05, 0) is 32.4 Å². The molecule has 0 aliphatic rings. The monoisotopic (exact) mass is 294 g/mol. The van der Waals surface area contributed by atoms with Crippen LogP contribution < -0.4 is 4.72 Å². The van der Waals surface area contributed by atoms with Crippen molar-refractivity contribution in [3.8, 4) is 0 Å². The Kier molecular flexibility index (Phi) is 4.20. The molecule has 1 aromatic carbocycles. The van der Waals surface area contributed by atoms with Crippen LogP contribution in [-0.4, -0.2) is 29.2 Å². The van der Waals surface area contributed by atoms with Gasteiger partial charge in [0.05, 0.1) is 11.4 Å². The Morgan fingerprint density at radius 3 is 2.70 bits per heavy atom. The summed E-state index contributed by atoms with van der Waals surface area (Å²) >= 11 is 0. The van der Waals surface area contributed by atoms with Gasteiger partial charge in [-0.25, -0.2) is 18.1 Å². The van der Waals surface area contributed by atoms with Gasteiger partial charge in [-0.15, -0.1) is 0 Å². The summed E-state index contributed by atoms with van der Waals surface area (Å²) in [6.45, 7) is 5.96. The van der Waals surface area contributed by atoms with Crippen LogP contribution in [0.25, 0.3) is 0 Å². The van der Waals surface area contributed by atoms with Gasteiger partial charge in [0.2, 0.25) is 10.0 Å². The summed E-state index contributed by atoms with van der Waals surface area (Å²) in [6.07, 6.45) is 2.98. The van der Waals surface area contributed by atoms with Crippen LogP contribution in [-0.2, 0) is 16.6 Å². The first kappa shape index (κ1) is 14.7. The maximum absolute atomic E-state index is 12.3. The Morgan fingerprint density at radius 1 is 1.35 bits per heavy atom. The van der Waals surface area contributed by atoms with Crippen LogP contribution >= 0.6 is 0 Å². The molecule has 0 radical (unpaired) electrons. The van der Waals surface area contributed by atoms with E-state index in [0.717, 1.165) is 11.1 Å². The Labute approximate surface area is 118 Å². The van der Waals surface area contributed by atoms with Crippen molar-refractivity contribution in [2.24, 2.45) is 0 Å². The van der Waals surface area contributed by atoms with Crippen molar-refractivity contribution >= 4 is 10.0 Å². The molecule has 0 unspecified atom stereocenters. The molecule has 1 heterocycles. The molecule has 0 saturated carbocycles. The molecule has 1 aromatic heterocycles. The maximum Gasteiger partial charge on any atom is 0.241 e. The first-order valence-corrected chi connectivity index (χ1v) is 7.79. The molecule has 20 heavy (non-hydrogen) atoms. The van der Waals surface area contributed by atoms with Crippen LogP contribution in [0.1, 0.15) is 18.1 Å². The highest BCUT2D eigenvalue weighted by Crippen LogP contribution is 2.16. The molecule has 6 nitrogen and oxygen atoms in total. The molecule has 2 aromatic rings. The molecule has 0 amide bonds. The molecular weight excluding hydrogens is 276 g/mol. The second kappa shape index (κ2) is 5.72. The van der Waals surface area contributed by atoms with E-state index >= 15 is 0 Å². The van der Waals surface area contributed by atoms with Gasteiger partial charge < -0.3 is 0 Å². The van der Waals surface area contributed by atoms with E-state index in [1.54, 1.807) is 37.0 Å². The second-order valence-electron chi connectivity index (χ2n) is 4.91. The van der Waals surface area contributed by atoms with E-state index < -0.39 is 10.0 Å². The summed E-state index contributed by atoms with van der Waals surface area (Å²) in [6, 6.07) is 5.01. The first-order chi connectivity index (χ1) is 9.38. The summed E-state index contributed by atoms with van der Waals surface area (Å²) < 4.78 is 28.9. The zero-order valence-electron chi connectivity index (χ0n) is 11.7. The van der Waals surface area contributed by atoms with E-state index in [4.69, 9.17) is 0 Å². The van der Waals surface area contributed by atoms with E-state index in [9.17, 15) is 8.42 Å². The minimum atomic E-state index is -3.52. The number of benzene rings is 1. The lowest BCUT2D eigenvalue weighted by Gasteiger charge is -2.15. The standard InChI is InChI=1S/C13H18N4O2S/c1-10-4-5-13(11(2)6-10)20(18,19)16-12(3)7-17-9-14-8-15-17/h4-6,8-9,12,16H,7H2,1-3H3/t12-/m0/s1. The molecule has 0 aliphatic carbocycles. The number of hydrogen-bond donors (Lipinski definition) is 1. The van der Waals surface area contributed by atoms with Crippen molar-refractivity contribution in [2.45, 2.75) is 38.3 Å². The summed E-state index contributed by atoms with van der Waals surface area (Å²) in [4.78, 5) is 4.14. The largest absolute Gasteiger partial charge is 0.251 e. The van der Waals surface area contributed by atoms with Crippen LogP contribution in [0.5, 0.6) is 0 Å². The predicted molar refractivity (Wildman–Crippen MR) is 75.7 cm³/mol. The van der Waals surface area contributed by atoms with Crippen LogP contribution in [0.15, 0.2) is 35.7 Å². The van der Waals surface area contributed by atoms with E-state index in [2.05, 4.69) is 14.8 Å². The molecule has 0 spiro atoms. The number of sulfonamides is 1. The molecule has 7 heteroatoms. The lowest BCUT2D eigenvalue weighted by atomic mass is 10.2. The van der Waals surface area contributed by atoms with Crippen LogP contribution in [0, 0.1) is 13.8 Å². The fourth-order valence-electron chi connectivity index (χ4n) is 2.07. The van der Waals surface area contributed by atoms with Crippen molar-refractivity contribution < 1.29 is 8.42 Å². The van der Waals surface area contributed by atoms with Gasteiger partial charge in [0.25, 0.3) is 0 Å². The van der Waals surface area contributed by atoms with Crippen molar-refractivity contribution in [3.63, 3.8) is 0 Å². The molecule has 0 aliphatic heterocycles. The topological polar surface area (TPSA) is 76.9 Å². The average Bonchev–Trinajstić information content (AvgIpc) is 2.79. The minimum Gasteiger partial charge on any atom is -0.251 e. The summed E-state index contributed by atoms with van der Waals surface area (Å²) in [5, 5.41) is 3.96. The van der Waals surface area contributed by atoms with E-state index in [1.165, 1.54) is 6.33 Å². The molecule has 108 valence electrons. The van der Waals surface area contributed by atoms with Crippen molar-refractivity contribution in [1.29, 1.82) is 0 Å². The predicted octanol–water partition coefficient (Wildman–Crippen LogP) is 1.26. The van der Waals surface area contributed by atoms with E-state index in [0.29, 0.717) is 11.4 Å². The number of hydrogen-bond acceptors (Lipinski definition) is 4. The van der Waals surface area contributed by atoms with Gasteiger partial charge in [0.15, 0.2) is 0 Å². The molecule has 1 N–H and O–H groups in total. The highest BCUT2D eigenvalue weighted by atomic mass is 32.2. The third kappa shape index (κ3) is 3.43. The highest BCUT2D eigenvalue weighted by molar-refractivity contribution is 7.89. The SMILES string of the molecule is Cc1ccc(S(=O)(=O)N[C@@H](C)Cn2cncn2)c(C)c1. The quantitative estimate of drug-likeness (QED) is 0.900. The zero-order valence-corrected chi connectivity index (χ0v) is 12.6. The Bertz CT molecular complexity index is 680. The lowest BCUT2D eigenvalue weighted by molar-refractivity contribution is 0.493. The van der Waals surface area contributed by atoms with Gasteiger partial charge in [-0.2, -0.15) is 5.10 Å². The Morgan fingerprint density at radius 2 is 2.10 bits per heavy atom. The normalized spacial score (nSPS) is 13.3. The van der Waals surface area contributed by atoms with Crippen molar-refractivity contribution in [2.75, 3.05) is 0 Å². The van der Waals surface area contributed by atoms with Gasteiger partial charge in [0.1, 0.15) is 12.7 Å². The summed E-state index contributed by atoms with van der Waals surface area (Å²) in [5.41, 5.74) is 1.78. The number of aryl methyl sites for hydroxylation is 2. The Hall–Kier alpha value is -1.73. The Balaban J connectivity index is 2.14. The fourth-order valence-corrected chi connectivity index (χ4v) is 3.54. The van der Waals surface area contributed by atoms with Gasteiger partial charge >= 0.3 is 0 Å². The average molecular weight is 294 g/mol. The van der Waals surface area contributed by atoms with E-state index in [-0.39, 0.29) is 6.04 Å². The third-order valence-electron chi connectivity index (χ3n) is 2.90. The van der Waals surface area contributed by atoms with E-state index in [1.807, 2.05) is 13.0 Å². The molecule has 0 fully saturated rings. The number of aromatic nitrogens is 3.